The molecule has 7 rings (SSSR count). The van der Waals surface area contributed by atoms with E-state index < -0.39 is 0 Å². The Kier molecular flexibility index (Phi) is 4.44. The van der Waals surface area contributed by atoms with Gasteiger partial charge in [-0.1, -0.05) is 87.5 Å². The van der Waals surface area contributed by atoms with Crippen LogP contribution in [0.15, 0.2) is 109 Å². The van der Waals surface area contributed by atoms with Gasteiger partial charge in [-0.2, -0.15) is 0 Å². The van der Waals surface area contributed by atoms with Crippen molar-refractivity contribution >= 4 is 43.6 Å². The zero-order valence-electron chi connectivity index (χ0n) is 20.8. The summed E-state index contributed by atoms with van der Waals surface area (Å²) in [4.78, 5) is 3.55. The maximum absolute atomic E-state index is 3.55. The third kappa shape index (κ3) is 3.18. The molecule has 7 aromatic rings. The molecule has 0 radical (unpaired) electrons. The molecular formula is C34H28N2. The van der Waals surface area contributed by atoms with Crippen molar-refractivity contribution < 1.29 is 0 Å². The van der Waals surface area contributed by atoms with Crippen LogP contribution >= 0.6 is 0 Å². The second kappa shape index (κ2) is 7.60. The van der Waals surface area contributed by atoms with Gasteiger partial charge in [-0.15, -0.1) is 0 Å². The molecule has 0 amide bonds. The standard InChI is InChI=1S/C34H28N2/c1-34(2,3)24-14-16-25(17-15-24)36-32-11-7-5-9-27(32)28-18-12-23(21-33(28)36)22-13-19-31-29(20-22)26-8-4-6-10-30(26)35-31/h4-21,35H,1-3H3. The van der Waals surface area contributed by atoms with Gasteiger partial charge in [0.2, 0.25) is 0 Å². The molecule has 5 aromatic carbocycles. The molecule has 2 heterocycles. The van der Waals surface area contributed by atoms with Crippen molar-refractivity contribution in [3.8, 4) is 16.8 Å². The van der Waals surface area contributed by atoms with Gasteiger partial charge in [0.1, 0.15) is 0 Å². The predicted molar refractivity (Wildman–Crippen MR) is 154 cm³/mol. The van der Waals surface area contributed by atoms with E-state index in [9.17, 15) is 0 Å². The molecule has 0 saturated carbocycles. The van der Waals surface area contributed by atoms with Gasteiger partial charge in [0.15, 0.2) is 0 Å². The maximum Gasteiger partial charge on any atom is 0.0547 e. The van der Waals surface area contributed by atoms with Crippen LogP contribution < -0.4 is 0 Å². The largest absolute Gasteiger partial charge is 0.355 e. The van der Waals surface area contributed by atoms with E-state index in [0.29, 0.717) is 0 Å². The van der Waals surface area contributed by atoms with Gasteiger partial charge >= 0.3 is 0 Å². The van der Waals surface area contributed by atoms with Crippen molar-refractivity contribution in [1.29, 1.82) is 0 Å². The summed E-state index contributed by atoms with van der Waals surface area (Å²) in [6.45, 7) is 6.79. The Balaban J connectivity index is 1.45. The van der Waals surface area contributed by atoms with E-state index in [-0.39, 0.29) is 5.41 Å². The van der Waals surface area contributed by atoms with E-state index in [0.717, 1.165) is 0 Å². The van der Waals surface area contributed by atoms with Crippen LogP contribution in [0.4, 0.5) is 0 Å². The number of fused-ring (bicyclic) bond motifs is 6. The summed E-state index contributed by atoms with van der Waals surface area (Å²) in [5.74, 6) is 0. The molecule has 0 bridgehead atoms. The number of rotatable bonds is 2. The zero-order valence-corrected chi connectivity index (χ0v) is 20.8. The van der Waals surface area contributed by atoms with E-state index in [1.165, 1.54) is 66.0 Å². The number of aromatic nitrogens is 2. The summed E-state index contributed by atoms with van der Waals surface area (Å²) in [5, 5.41) is 5.10. The summed E-state index contributed by atoms with van der Waals surface area (Å²) >= 11 is 0. The Labute approximate surface area is 210 Å². The first-order chi connectivity index (χ1) is 17.5. The quantitative estimate of drug-likeness (QED) is 0.263. The summed E-state index contributed by atoms with van der Waals surface area (Å²) < 4.78 is 2.41. The normalized spacial score (nSPS) is 12.3. The second-order valence-electron chi connectivity index (χ2n) is 10.8. The number of hydrogen-bond donors (Lipinski definition) is 1. The van der Waals surface area contributed by atoms with Gasteiger partial charge in [0.25, 0.3) is 0 Å². The highest BCUT2D eigenvalue weighted by Gasteiger charge is 2.16. The Bertz CT molecular complexity index is 1910. The van der Waals surface area contributed by atoms with Crippen molar-refractivity contribution in [1.82, 2.24) is 9.55 Å². The number of para-hydroxylation sites is 2. The van der Waals surface area contributed by atoms with Crippen molar-refractivity contribution in [3.63, 3.8) is 0 Å². The molecule has 0 saturated heterocycles. The van der Waals surface area contributed by atoms with Gasteiger partial charge in [-0.25, -0.2) is 0 Å². The molecule has 0 aliphatic heterocycles. The number of hydrogen-bond acceptors (Lipinski definition) is 0. The van der Waals surface area contributed by atoms with Gasteiger partial charge in [-0.3, -0.25) is 0 Å². The van der Waals surface area contributed by atoms with E-state index in [1.54, 1.807) is 0 Å². The first-order valence-electron chi connectivity index (χ1n) is 12.6. The summed E-state index contributed by atoms with van der Waals surface area (Å²) in [7, 11) is 0. The Hall–Kier alpha value is -4.30. The topological polar surface area (TPSA) is 20.7 Å². The monoisotopic (exact) mass is 464 g/mol. The minimum Gasteiger partial charge on any atom is -0.355 e. The van der Waals surface area contributed by atoms with Crippen LogP contribution in [-0.4, -0.2) is 9.55 Å². The van der Waals surface area contributed by atoms with Crippen molar-refractivity contribution in [2.45, 2.75) is 26.2 Å². The van der Waals surface area contributed by atoms with Crippen LogP contribution in [0.3, 0.4) is 0 Å². The average Bonchev–Trinajstić information content (AvgIpc) is 3.43. The van der Waals surface area contributed by atoms with Gasteiger partial charge in [-0.05, 0) is 64.6 Å². The van der Waals surface area contributed by atoms with E-state index in [1.807, 2.05) is 0 Å². The lowest BCUT2D eigenvalue weighted by Crippen LogP contribution is -2.10. The van der Waals surface area contributed by atoms with E-state index in [2.05, 4.69) is 140 Å². The third-order valence-electron chi connectivity index (χ3n) is 7.50. The highest BCUT2D eigenvalue weighted by atomic mass is 15.0. The number of benzene rings is 5. The van der Waals surface area contributed by atoms with E-state index in [4.69, 9.17) is 0 Å². The minimum absolute atomic E-state index is 0.133. The fraction of sp³-hybridized carbons (Fsp3) is 0.118. The lowest BCUT2D eigenvalue weighted by molar-refractivity contribution is 0.590. The highest BCUT2D eigenvalue weighted by Crippen LogP contribution is 2.36. The first kappa shape index (κ1) is 21.0. The molecule has 174 valence electrons. The number of nitrogens with zero attached hydrogens (tertiary/aromatic N) is 1. The van der Waals surface area contributed by atoms with Crippen LogP contribution in [0.1, 0.15) is 26.3 Å². The smallest absolute Gasteiger partial charge is 0.0547 e. The van der Waals surface area contributed by atoms with E-state index >= 15 is 0 Å². The second-order valence-corrected chi connectivity index (χ2v) is 10.8. The molecule has 0 aliphatic carbocycles. The molecule has 2 nitrogen and oxygen atoms in total. The molecule has 0 unspecified atom stereocenters. The molecule has 36 heavy (non-hydrogen) atoms. The minimum atomic E-state index is 0.133. The van der Waals surface area contributed by atoms with Crippen LogP contribution in [0.25, 0.3) is 60.4 Å². The van der Waals surface area contributed by atoms with Crippen LogP contribution in [0.5, 0.6) is 0 Å². The van der Waals surface area contributed by atoms with Gasteiger partial charge in [0, 0.05) is 38.3 Å². The molecule has 0 atom stereocenters. The fourth-order valence-electron chi connectivity index (χ4n) is 5.57. The van der Waals surface area contributed by atoms with Crippen molar-refractivity contribution in [3.05, 3.63) is 115 Å². The number of H-pyrrole nitrogens is 1. The summed E-state index contributed by atoms with van der Waals surface area (Å²) in [6.07, 6.45) is 0. The van der Waals surface area contributed by atoms with Crippen molar-refractivity contribution in [2.75, 3.05) is 0 Å². The van der Waals surface area contributed by atoms with Gasteiger partial charge in [0.05, 0.1) is 11.0 Å². The van der Waals surface area contributed by atoms with Crippen LogP contribution in [0.2, 0.25) is 0 Å². The number of aromatic amines is 1. The molecule has 0 spiro atoms. The average molecular weight is 465 g/mol. The molecule has 1 N–H and O–H groups in total. The Morgan fingerprint density at radius 1 is 0.528 bits per heavy atom. The maximum atomic E-state index is 3.55. The van der Waals surface area contributed by atoms with Crippen LogP contribution in [0, 0.1) is 0 Å². The van der Waals surface area contributed by atoms with Crippen LogP contribution in [-0.2, 0) is 5.41 Å². The third-order valence-corrected chi connectivity index (χ3v) is 7.50. The highest BCUT2D eigenvalue weighted by molar-refractivity contribution is 6.11. The Morgan fingerprint density at radius 2 is 1.17 bits per heavy atom. The predicted octanol–water partition coefficient (Wildman–Crippen LogP) is 9.38. The number of nitrogens with one attached hydrogen (secondary N) is 1. The summed E-state index contributed by atoms with van der Waals surface area (Å²) in [5.41, 5.74) is 9.95. The zero-order chi connectivity index (χ0) is 24.4. The molecular weight excluding hydrogens is 436 g/mol. The SMILES string of the molecule is CC(C)(C)c1ccc(-n2c3ccccc3c3ccc(-c4ccc5[nH]c6ccccc6c5c4)cc32)cc1. The molecule has 2 aromatic heterocycles. The first-order valence-corrected chi connectivity index (χ1v) is 12.6. The summed E-state index contributed by atoms with van der Waals surface area (Å²) in [6, 6.07) is 40.0. The molecule has 0 aliphatic rings. The lowest BCUT2D eigenvalue weighted by atomic mass is 9.87. The molecule has 2 heteroatoms. The Morgan fingerprint density at radius 3 is 1.97 bits per heavy atom. The lowest BCUT2D eigenvalue weighted by Gasteiger charge is -2.19. The fourth-order valence-corrected chi connectivity index (χ4v) is 5.57. The molecule has 0 fully saturated rings. The van der Waals surface area contributed by atoms with Crippen molar-refractivity contribution in [2.24, 2.45) is 0 Å². The van der Waals surface area contributed by atoms with Gasteiger partial charge < -0.3 is 9.55 Å².